The van der Waals surface area contributed by atoms with E-state index in [2.05, 4.69) is 15.4 Å². The van der Waals surface area contributed by atoms with Crippen LogP contribution in [-0.4, -0.2) is 29.3 Å². The minimum absolute atomic E-state index is 0.0372. The van der Waals surface area contributed by atoms with Gasteiger partial charge in [0.05, 0.1) is 5.69 Å². The second-order valence-electron chi connectivity index (χ2n) is 4.69. The van der Waals surface area contributed by atoms with Crippen molar-refractivity contribution < 1.29 is 28.2 Å². The van der Waals surface area contributed by atoms with Gasteiger partial charge in [0.15, 0.2) is 0 Å². The highest BCUT2D eigenvalue weighted by molar-refractivity contribution is 5.95. The van der Waals surface area contributed by atoms with Crippen molar-refractivity contribution in [3.8, 4) is 5.75 Å². The number of carboxylic acids is 1. The lowest BCUT2D eigenvalue weighted by atomic mass is 9.77. The quantitative estimate of drug-likeness (QED) is 0.779. The Morgan fingerprint density at radius 2 is 1.95 bits per heavy atom. The van der Waals surface area contributed by atoms with Gasteiger partial charge in [0.25, 0.3) is 0 Å². The minimum atomic E-state index is -3.02. The van der Waals surface area contributed by atoms with E-state index >= 15 is 0 Å². The lowest BCUT2D eigenvalue weighted by molar-refractivity contribution is -0.148. The van der Waals surface area contributed by atoms with Crippen molar-refractivity contribution in [2.75, 3.05) is 5.32 Å². The summed E-state index contributed by atoms with van der Waals surface area (Å²) in [4.78, 5) is 23.0. The number of alkyl halides is 2. The maximum absolute atomic E-state index is 12.3. The molecule has 0 bridgehead atoms. The number of hydrogen-bond acceptors (Lipinski definition) is 3. The number of benzene rings is 1. The summed E-state index contributed by atoms with van der Waals surface area (Å²) in [6.07, 6.45) is 1.38. The molecule has 1 aromatic carbocycles. The molecule has 0 heterocycles. The van der Waals surface area contributed by atoms with Crippen LogP contribution in [0.2, 0.25) is 0 Å². The van der Waals surface area contributed by atoms with E-state index < -0.39 is 24.2 Å². The molecule has 1 fully saturated rings. The van der Waals surface area contributed by atoms with Crippen LogP contribution in [0.25, 0.3) is 0 Å². The molecule has 114 valence electrons. The van der Waals surface area contributed by atoms with Crippen LogP contribution in [0.3, 0.4) is 0 Å². The number of aliphatic carboxylic acids is 1. The smallest absolute Gasteiger partial charge is 0.387 e. The molecular formula is C13H14F2N2O4. The number of para-hydroxylation sites is 2. The second-order valence-corrected chi connectivity index (χ2v) is 4.69. The summed E-state index contributed by atoms with van der Waals surface area (Å²) in [6.45, 7) is -3.02. The van der Waals surface area contributed by atoms with Gasteiger partial charge in [-0.2, -0.15) is 8.78 Å². The summed E-state index contributed by atoms with van der Waals surface area (Å²) in [5.74, 6) is -1.30. The van der Waals surface area contributed by atoms with Crippen LogP contribution in [0.15, 0.2) is 24.3 Å². The number of anilines is 1. The summed E-state index contributed by atoms with van der Waals surface area (Å²) in [6, 6.07) is 4.89. The van der Waals surface area contributed by atoms with E-state index in [0.29, 0.717) is 19.3 Å². The Balaban J connectivity index is 2.04. The number of amides is 2. The molecule has 21 heavy (non-hydrogen) atoms. The third-order valence-corrected chi connectivity index (χ3v) is 3.32. The number of hydrogen-bond donors (Lipinski definition) is 3. The van der Waals surface area contributed by atoms with Gasteiger partial charge in [-0.1, -0.05) is 12.1 Å². The number of urea groups is 1. The van der Waals surface area contributed by atoms with Crippen LogP contribution in [0.4, 0.5) is 19.3 Å². The minimum Gasteiger partial charge on any atom is -0.480 e. The van der Waals surface area contributed by atoms with Crippen molar-refractivity contribution in [1.82, 2.24) is 5.32 Å². The molecule has 0 radical (unpaired) electrons. The van der Waals surface area contributed by atoms with E-state index in [-0.39, 0.29) is 11.4 Å². The number of carbonyl (C=O) groups is 2. The molecule has 1 aliphatic carbocycles. The van der Waals surface area contributed by atoms with Crippen molar-refractivity contribution in [2.45, 2.75) is 31.4 Å². The van der Waals surface area contributed by atoms with E-state index in [0.717, 1.165) is 0 Å². The van der Waals surface area contributed by atoms with E-state index in [1.807, 2.05) is 0 Å². The monoisotopic (exact) mass is 300 g/mol. The number of nitrogens with one attached hydrogen (secondary N) is 2. The van der Waals surface area contributed by atoms with Crippen molar-refractivity contribution in [3.05, 3.63) is 24.3 Å². The highest BCUT2D eigenvalue weighted by Crippen LogP contribution is 2.32. The topological polar surface area (TPSA) is 87.7 Å². The van der Waals surface area contributed by atoms with E-state index in [4.69, 9.17) is 5.11 Å². The molecule has 0 saturated heterocycles. The van der Waals surface area contributed by atoms with Gasteiger partial charge in [-0.3, -0.25) is 0 Å². The zero-order chi connectivity index (χ0) is 15.5. The molecule has 0 spiro atoms. The summed E-state index contributed by atoms with van der Waals surface area (Å²) >= 11 is 0. The molecule has 8 heteroatoms. The van der Waals surface area contributed by atoms with Crippen LogP contribution in [-0.2, 0) is 4.79 Å². The molecule has 3 N–H and O–H groups in total. The van der Waals surface area contributed by atoms with Gasteiger partial charge < -0.3 is 20.5 Å². The highest BCUT2D eigenvalue weighted by atomic mass is 19.3. The Hall–Kier alpha value is -2.38. The van der Waals surface area contributed by atoms with Crippen molar-refractivity contribution in [1.29, 1.82) is 0 Å². The predicted octanol–water partition coefficient (Wildman–Crippen LogP) is 2.42. The lowest BCUT2D eigenvalue weighted by Crippen LogP contribution is -2.60. The first-order valence-electron chi connectivity index (χ1n) is 6.29. The molecule has 1 aliphatic rings. The Morgan fingerprint density at radius 3 is 2.48 bits per heavy atom. The molecule has 0 aliphatic heterocycles. The molecule has 2 amide bonds. The van der Waals surface area contributed by atoms with Crippen molar-refractivity contribution in [3.63, 3.8) is 0 Å². The van der Waals surface area contributed by atoms with Gasteiger partial charge in [0.1, 0.15) is 11.3 Å². The summed E-state index contributed by atoms with van der Waals surface area (Å²) in [7, 11) is 0. The molecule has 0 atom stereocenters. The second kappa shape index (κ2) is 5.94. The number of carboxylic acid groups (broad SMARTS) is 1. The number of carbonyl (C=O) groups excluding carboxylic acids is 1. The fourth-order valence-corrected chi connectivity index (χ4v) is 2.06. The van der Waals surface area contributed by atoms with E-state index in [1.165, 1.54) is 24.3 Å². The van der Waals surface area contributed by atoms with Crippen LogP contribution in [0.1, 0.15) is 19.3 Å². The van der Waals surface area contributed by atoms with Gasteiger partial charge in [0, 0.05) is 0 Å². The van der Waals surface area contributed by atoms with Crippen molar-refractivity contribution in [2.24, 2.45) is 0 Å². The van der Waals surface area contributed by atoms with Gasteiger partial charge >= 0.3 is 18.6 Å². The molecule has 1 saturated carbocycles. The summed E-state index contributed by atoms with van der Waals surface area (Å²) in [5.41, 5.74) is -1.24. The average Bonchev–Trinajstić information content (AvgIpc) is 2.35. The molecular weight excluding hydrogens is 286 g/mol. The summed E-state index contributed by atoms with van der Waals surface area (Å²) in [5, 5.41) is 13.8. The third kappa shape index (κ3) is 3.39. The fraction of sp³-hybridized carbons (Fsp3) is 0.385. The zero-order valence-electron chi connectivity index (χ0n) is 10.9. The molecule has 0 aromatic heterocycles. The molecule has 6 nitrogen and oxygen atoms in total. The predicted molar refractivity (Wildman–Crippen MR) is 69.4 cm³/mol. The first-order valence-corrected chi connectivity index (χ1v) is 6.29. The number of ether oxygens (including phenoxy) is 1. The summed E-state index contributed by atoms with van der Waals surface area (Å²) < 4.78 is 28.8. The van der Waals surface area contributed by atoms with Crippen LogP contribution < -0.4 is 15.4 Å². The Bertz CT molecular complexity index is 547. The lowest BCUT2D eigenvalue weighted by Gasteiger charge is -2.38. The third-order valence-electron chi connectivity index (χ3n) is 3.32. The fourth-order valence-electron chi connectivity index (χ4n) is 2.06. The Labute approximate surface area is 119 Å². The standard InChI is InChI=1S/C13H14F2N2O4/c14-11(15)21-9-5-2-1-4-8(9)16-12(20)17-13(10(18)19)6-3-7-13/h1-2,4-5,11H,3,6-7H2,(H,18,19)(H2,16,17,20). The number of halogens is 2. The maximum Gasteiger partial charge on any atom is 0.387 e. The average molecular weight is 300 g/mol. The van der Waals surface area contributed by atoms with Gasteiger partial charge in [0.2, 0.25) is 0 Å². The van der Waals surface area contributed by atoms with E-state index in [1.54, 1.807) is 0 Å². The van der Waals surface area contributed by atoms with Gasteiger partial charge in [-0.05, 0) is 31.4 Å². The van der Waals surface area contributed by atoms with Gasteiger partial charge in [-0.25, -0.2) is 9.59 Å². The van der Waals surface area contributed by atoms with Crippen molar-refractivity contribution >= 4 is 17.7 Å². The Kier molecular flexibility index (Phi) is 4.25. The first kappa shape index (κ1) is 15.0. The van der Waals surface area contributed by atoms with Crippen LogP contribution in [0, 0.1) is 0 Å². The van der Waals surface area contributed by atoms with Crippen LogP contribution >= 0.6 is 0 Å². The normalized spacial score (nSPS) is 16.0. The van der Waals surface area contributed by atoms with E-state index in [9.17, 15) is 18.4 Å². The largest absolute Gasteiger partial charge is 0.480 e. The highest BCUT2D eigenvalue weighted by Gasteiger charge is 2.45. The number of rotatable bonds is 5. The molecule has 0 unspecified atom stereocenters. The maximum atomic E-state index is 12.3. The molecule has 2 rings (SSSR count). The first-order chi connectivity index (χ1) is 9.93. The SMILES string of the molecule is O=C(Nc1ccccc1OC(F)F)NC1(C(=O)O)CCC1. The molecule has 1 aromatic rings. The Morgan fingerprint density at radius 1 is 1.29 bits per heavy atom. The van der Waals surface area contributed by atoms with Crippen LogP contribution in [0.5, 0.6) is 5.75 Å². The van der Waals surface area contributed by atoms with Gasteiger partial charge in [-0.15, -0.1) is 0 Å². The zero-order valence-corrected chi connectivity index (χ0v) is 10.9.